The van der Waals surface area contributed by atoms with Crippen molar-refractivity contribution in [2.75, 3.05) is 0 Å². The van der Waals surface area contributed by atoms with Crippen LogP contribution in [0, 0.1) is 5.92 Å². The number of nitrogens with one attached hydrogen (secondary N) is 2. The molecular weight excluding hydrogens is 297 g/mol. The lowest BCUT2D eigenvalue weighted by atomic mass is 10.0. The second-order valence-electron chi connectivity index (χ2n) is 5.34. The molecule has 0 aromatic heterocycles. The van der Waals surface area contributed by atoms with Gasteiger partial charge in [-0.15, -0.1) is 0 Å². The van der Waals surface area contributed by atoms with E-state index in [0.29, 0.717) is 5.56 Å². The van der Waals surface area contributed by atoms with Crippen LogP contribution in [0.1, 0.15) is 31.9 Å². The Morgan fingerprint density at radius 2 is 1.86 bits per heavy atom. The SMILES string of the molecule is CC(=O)NC(C(=O)NCc1cccc(C(F)(F)F)c1)C(C)C. The molecule has 0 aliphatic heterocycles. The highest BCUT2D eigenvalue weighted by Crippen LogP contribution is 2.29. The van der Waals surface area contributed by atoms with E-state index in [2.05, 4.69) is 10.6 Å². The van der Waals surface area contributed by atoms with Crippen molar-refractivity contribution in [1.82, 2.24) is 10.6 Å². The minimum absolute atomic E-state index is 0.0362. The molecule has 0 fully saturated rings. The summed E-state index contributed by atoms with van der Waals surface area (Å²) in [6.07, 6.45) is -4.42. The third-order valence-corrected chi connectivity index (χ3v) is 3.03. The Morgan fingerprint density at radius 3 is 2.36 bits per heavy atom. The fraction of sp³-hybridized carbons (Fsp3) is 0.467. The van der Waals surface area contributed by atoms with Crippen LogP contribution in [0.3, 0.4) is 0 Å². The lowest BCUT2D eigenvalue weighted by Crippen LogP contribution is -2.48. The van der Waals surface area contributed by atoms with E-state index in [1.54, 1.807) is 13.8 Å². The molecule has 1 unspecified atom stereocenters. The number of carbonyl (C=O) groups is 2. The summed E-state index contributed by atoms with van der Waals surface area (Å²) in [6.45, 7) is 4.80. The van der Waals surface area contributed by atoms with Gasteiger partial charge in [-0.2, -0.15) is 13.2 Å². The molecular formula is C15H19F3N2O2. The molecule has 1 atom stereocenters. The second kappa shape index (κ2) is 7.29. The molecule has 0 aliphatic carbocycles. The summed E-state index contributed by atoms with van der Waals surface area (Å²) in [7, 11) is 0. The van der Waals surface area contributed by atoms with Gasteiger partial charge in [-0.25, -0.2) is 0 Å². The maximum Gasteiger partial charge on any atom is 0.416 e. The van der Waals surface area contributed by atoms with Gasteiger partial charge in [0.05, 0.1) is 5.56 Å². The fourth-order valence-corrected chi connectivity index (χ4v) is 1.91. The Bertz CT molecular complexity index is 542. The molecule has 0 saturated heterocycles. The highest BCUT2D eigenvalue weighted by Gasteiger charge is 2.30. The van der Waals surface area contributed by atoms with Crippen LogP contribution in [0.2, 0.25) is 0 Å². The van der Waals surface area contributed by atoms with Gasteiger partial charge in [0, 0.05) is 13.5 Å². The van der Waals surface area contributed by atoms with Crippen LogP contribution in [0.15, 0.2) is 24.3 Å². The molecule has 2 N–H and O–H groups in total. The monoisotopic (exact) mass is 316 g/mol. The molecule has 4 nitrogen and oxygen atoms in total. The van der Waals surface area contributed by atoms with Crippen LogP contribution in [0.25, 0.3) is 0 Å². The van der Waals surface area contributed by atoms with Crippen molar-refractivity contribution in [2.45, 2.75) is 39.5 Å². The zero-order chi connectivity index (χ0) is 16.9. The number of benzene rings is 1. The molecule has 22 heavy (non-hydrogen) atoms. The molecule has 2 amide bonds. The summed E-state index contributed by atoms with van der Waals surface area (Å²) >= 11 is 0. The van der Waals surface area contributed by atoms with E-state index in [0.717, 1.165) is 12.1 Å². The van der Waals surface area contributed by atoms with Gasteiger partial charge >= 0.3 is 6.18 Å². The minimum atomic E-state index is -4.42. The van der Waals surface area contributed by atoms with E-state index in [1.165, 1.54) is 19.1 Å². The molecule has 0 saturated carbocycles. The van der Waals surface area contributed by atoms with Crippen LogP contribution in [-0.2, 0) is 22.3 Å². The first-order valence-electron chi connectivity index (χ1n) is 6.82. The van der Waals surface area contributed by atoms with Crippen molar-refractivity contribution in [3.63, 3.8) is 0 Å². The number of alkyl halides is 3. The molecule has 0 heterocycles. The van der Waals surface area contributed by atoms with Crippen molar-refractivity contribution >= 4 is 11.8 Å². The zero-order valence-corrected chi connectivity index (χ0v) is 12.6. The molecule has 0 bridgehead atoms. The zero-order valence-electron chi connectivity index (χ0n) is 12.6. The third-order valence-electron chi connectivity index (χ3n) is 3.03. The third kappa shape index (κ3) is 5.38. The molecule has 122 valence electrons. The maximum atomic E-state index is 12.6. The van der Waals surface area contributed by atoms with E-state index >= 15 is 0 Å². The van der Waals surface area contributed by atoms with Gasteiger partial charge in [0.15, 0.2) is 0 Å². The Hall–Kier alpha value is -2.05. The first-order chi connectivity index (χ1) is 10.1. The molecule has 1 aromatic rings. The van der Waals surface area contributed by atoms with Gasteiger partial charge in [0.25, 0.3) is 0 Å². The number of hydrogen-bond donors (Lipinski definition) is 2. The van der Waals surface area contributed by atoms with E-state index in [-0.39, 0.29) is 18.4 Å². The topological polar surface area (TPSA) is 58.2 Å². The van der Waals surface area contributed by atoms with Crippen LogP contribution >= 0.6 is 0 Å². The summed E-state index contributed by atoms with van der Waals surface area (Å²) in [5.41, 5.74) is -0.421. The minimum Gasteiger partial charge on any atom is -0.350 e. The summed E-state index contributed by atoms with van der Waals surface area (Å²) < 4.78 is 37.8. The van der Waals surface area contributed by atoms with Crippen LogP contribution in [-0.4, -0.2) is 17.9 Å². The highest BCUT2D eigenvalue weighted by molar-refractivity contribution is 5.87. The predicted octanol–water partition coefficient (Wildman–Crippen LogP) is 2.48. The van der Waals surface area contributed by atoms with Crippen molar-refractivity contribution in [2.24, 2.45) is 5.92 Å². The number of hydrogen-bond acceptors (Lipinski definition) is 2. The van der Waals surface area contributed by atoms with Crippen LogP contribution in [0.5, 0.6) is 0 Å². The largest absolute Gasteiger partial charge is 0.416 e. The Labute approximate surface area is 127 Å². The lowest BCUT2D eigenvalue weighted by molar-refractivity contribution is -0.137. The van der Waals surface area contributed by atoms with E-state index < -0.39 is 23.7 Å². The summed E-state index contributed by atoms with van der Waals surface area (Å²) in [6, 6.07) is 4.03. The predicted molar refractivity (Wildman–Crippen MR) is 75.7 cm³/mol. The van der Waals surface area contributed by atoms with Gasteiger partial charge in [-0.1, -0.05) is 26.0 Å². The van der Waals surface area contributed by atoms with Crippen molar-refractivity contribution < 1.29 is 22.8 Å². The van der Waals surface area contributed by atoms with Gasteiger partial charge in [-0.3, -0.25) is 9.59 Å². The molecule has 1 rings (SSSR count). The number of carbonyl (C=O) groups excluding carboxylic acids is 2. The highest BCUT2D eigenvalue weighted by atomic mass is 19.4. The van der Waals surface area contributed by atoms with Gasteiger partial charge in [0.1, 0.15) is 6.04 Å². The van der Waals surface area contributed by atoms with Gasteiger partial charge in [-0.05, 0) is 23.6 Å². The van der Waals surface area contributed by atoms with Crippen molar-refractivity contribution in [3.8, 4) is 0 Å². The van der Waals surface area contributed by atoms with Crippen molar-refractivity contribution in [1.29, 1.82) is 0 Å². The summed E-state index contributed by atoms with van der Waals surface area (Å²) in [4.78, 5) is 23.1. The lowest BCUT2D eigenvalue weighted by Gasteiger charge is -2.21. The summed E-state index contributed by atoms with van der Waals surface area (Å²) in [5.74, 6) is -0.902. The van der Waals surface area contributed by atoms with E-state index in [4.69, 9.17) is 0 Å². The fourth-order valence-electron chi connectivity index (χ4n) is 1.91. The standard InChI is InChI=1S/C15H19F3N2O2/c1-9(2)13(20-10(3)21)14(22)19-8-11-5-4-6-12(7-11)15(16,17)18/h4-7,9,13H,8H2,1-3H3,(H,19,22)(H,20,21). The number of amides is 2. The van der Waals surface area contributed by atoms with E-state index in [9.17, 15) is 22.8 Å². The van der Waals surface area contributed by atoms with Gasteiger partial charge < -0.3 is 10.6 Å². The smallest absolute Gasteiger partial charge is 0.350 e. The molecule has 7 heteroatoms. The van der Waals surface area contributed by atoms with Gasteiger partial charge in [0.2, 0.25) is 11.8 Å². The average Bonchev–Trinajstić information content (AvgIpc) is 2.41. The van der Waals surface area contributed by atoms with Crippen LogP contribution in [0.4, 0.5) is 13.2 Å². The molecule has 0 spiro atoms. The quantitative estimate of drug-likeness (QED) is 0.877. The maximum absolute atomic E-state index is 12.6. The van der Waals surface area contributed by atoms with E-state index in [1.807, 2.05) is 0 Å². The Kier molecular flexibility index (Phi) is 5.96. The summed E-state index contributed by atoms with van der Waals surface area (Å²) in [5, 5.41) is 5.06. The second-order valence-corrected chi connectivity index (χ2v) is 5.34. The molecule has 1 aromatic carbocycles. The van der Waals surface area contributed by atoms with Crippen molar-refractivity contribution in [3.05, 3.63) is 35.4 Å². The number of halogens is 3. The molecule has 0 aliphatic rings. The Morgan fingerprint density at radius 1 is 1.23 bits per heavy atom. The first-order valence-corrected chi connectivity index (χ1v) is 6.82. The first kappa shape index (κ1) is 18.0. The average molecular weight is 316 g/mol. The Balaban J connectivity index is 2.72. The van der Waals surface area contributed by atoms with Crippen LogP contribution < -0.4 is 10.6 Å². The molecule has 0 radical (unpaired) electrons. The number of rotatable bonds is 5. The normalized spacial score (nSPS) is 12.9.